The van der Waals surface area contributed by atoms with Gasteiger partial charge in [-0.25, -0.2) is 0 Å². The van der Waals surface area contributed by atoms with Crippen molar-refractivity contribution < 1.29 is 10.4 Å². The van der Waals surface area contributed by atoms with Crippen LogP contribution in [0, 0.1) is 7.05 Å². The maximum Gasteiger partial charge on any atom is 0.115 e. The lowest BCUT2D eigenvalue weighted by molar-refractivity contribution is -0.595. The monoisotopic (exact) mass is 165 g/mol. The second kappa shape index (κ2) is 4.78. The summed E-state index contributed by atoms with van der Waals surface area (Å²) in [5, 5.41) is 10.9. The van der Waals surface area contributed by atoms with E-state index in [1.54, 1.807) is 12.1 Å². The maximum atomic E-state index is 9.01. The predicted octanol–water partition coefficient (Wildman–Crippen LogP) is 0.680. The first-order chi connectivity index (χ1) is 5.83. The van der Waals surface area contributed by atoms with Gasteiger partial charge in [-0.3, -0.25) is 0 Å². The van der Waals surface area contributed by atoms with Gasteiger partial charge in [-0.1, -0.05) is 12.1 Å². The van der Waals surface area contributed by atoms with Crippen molar-refractivity contribution in [3.05, 3.63) is 36.9 Å². The van der Waals surface area contributed by atoms with Crippen LogP contribution in [0.4, 0.5) is 0 Å². The zero-order chi connectivity index (χ0) is 8.81. The standard InChI is InChI=1S/C10H15NO/c1-11-8-2-3-9-4-6-10(12)7-5-9/h4-7,12H,1-3,8,11H2. The number of phenols is 1. The maximum absolute atomic E-state index is 9.01. The molecule has 0 saturated heterocycles. The highest BCUT2D eigenvalue weighted by molar-refractivity contribution is 5.25. The molecule has 0 unspecified atom stereocenters. The third-order valence-electron chi connectivity index (χ3n) is 1.81. The van der Waals surface area contributed by atoms with Gasteiger partial charge in [0.15, 0.2) is 0 Å². The number of hydrogen-bond donors (Lipinski definition) is 2. The molecule has 0 amide bonds. The van der Waals surface area contributed by atoms with E-state index in [1.807, 2.05) is 17.4 Å². The summed E-state index contributed by atoms with van der Waals surface area (Å²) in [5.41, 5.74) is 1.27. The molecule has 0 aromatic heterocycles. The van der Waals surface area contributed by atoms with Gasteiger partial charge >= 0.3 is 0 Å². The zero-order valence-electron chi connectivity index (χ0n) is 7.16. The van der Waals surface area contributed by atoms with E-state index in [2.05, 4.69) is 7.05 Å². The van der Waals surface area contributed by atoms with Gasteiger partial charge in [0.25, 0.3) is 0 Å². The number of quaternary nitrogens is 1. The van der Waals surface area contributed by atoms with Crippen LogP contribution in [0.25, 0.3) is 0 Å². The van der Waals surface area contributed by atoms with Crippen LogP contribution in [0.15, 0.2) is 24.3 Å². The first kappa shape index (κ1) is 9.07. The molecule has 1 rings (SSSR count). The van der Waals surface area contributed by atoms with Crippen LogP contribution in [-0.2, 0) is 6.42 Å². The first-order valence-corrected chi connectivity index (χ1v) is 4.22. The third-order valence-corrected chi connectivity index (χ3v) is 1.81. The molecule has 1 aromatic rings. The number of nitrogens with two attached hydrogens (primary N) is 1. The molecule has 0 aliphatic heterocycles. The lowest BCUT2D eigenvalue weighted by Crippen LogP contribution is -2.76. The van der Waals surface area contributed by atoms with Crippen molar-refractivity contribution in [2.24, 2.45) is 0 Å². The molecule has 2 nitrogen and oxygen atoms in total. The molecule has 0 fully saturated rings. The van der Waals surface area contributed by atoms with Crippen LogP contribution in [0.5, 0.6) is 5.75 Å². The summed E-state index contributed by atoms with van der Waals surface area (Å²) >= 11 is 0. The topological polar surface area (TPSA) is 36.8 Å². The zero-order valence-corrected chi connectivity index (χ0v) is 7.16. The van der Waals surface area contributed by atoms with E-state index < -0.39 is 0 Å². The van der Waals surface area contributed by atoms with E-state index in [0.29, 0.717) is 5.75 Å². The van der Waals surface area contributed by atoms with Gasteiger partial charge in [0.05, 0.1) is 6.54 Å². The van der Waals surface area contributed by atoms with Gasteiger partial charge in [-0.15, -0.1) is 0 Å². The van der Waals surface area contributed by atoms with Crippen molar-refractivity contribution in [3.63, 3.8) is 0 Å². The van der Waals surface area contributed by atoms with Crippen molar-refractivity contribution in [2.75, 3.05) is 6.54 Å². The highest BCUT2D eigenvalue weighted by atomic mass is 16.3. The number of aromatic hydroxyl groups is 1. The van der Waals surface area contributed by atoms with Crippen molar-refractivity contribution in [1.82, 2.24) is 0 Å². The summed E-state index contributed by atoms with van der Waals surface area (Å²) in [4.78, 5) is 0. The highest BCUT2D eigenvalue weighted by Gasteiger charge is 1.92. The van der Waals surface area contributed by atoms with Crippen LogP contribution in [-0.4, -0.2) is 11.7 Å². The van der Waals surface area contributed by atoms with Crippen molar-refractivity contribution >= 4 is 0 Å². The van der Waals surface area contributed by atoms with Crippen LogP contribution in [0.3, 0.4) is 0 Å². The Bertz CT molecular complexity index is 218. The van der Waals surface area contributed by atoms with Crippen molar-refractivity contribution in [2.45, 2.75) is 12.8 Å². The average molecular weight is 165 g/mol. The Labute approximate surface area is 73.2 Å². The minimum Gasteiger partial charge on any atom is -0.508 e. The van der Waals surface area contributed by atoms with E-state index in [9.17, 15) is 0 Å². The second-order valence-electron chi connectivity index (χ2n) is 2.85. The number of phenolic OH excluding ortho intramolecular Hbond substituents is 1. The van der Waals surface area contributed by atoms with E-state index in [4.69, 9.17) is 5.11 Å². The van der Waals surface area contributed by atoms with Gasteiger partial charge in [0.1, 0.15) is 5.75 Å². The van der Waals surface area contributed by atoms with Gasteiger partial charge in [0, 0.05) is 0 Å². The Balaban J connectivity index is 2.37. The average Bonchev–Trinajstić information content (AvgIpc) is 2.09. The normalized spacial score (nSPS) is 10.1. The molecule has 1 aromatic carbocycles. The fraction of sp³-hybridized carbons (Fsp3) is 0.300. The predicted molar refractivity (Wildman–Crippen MR) is 48.6 cm³/mol. The second-order valence-corrected chi connectivity index (χ2v) is 2.85. The molecule has 0 atom stereocenters. The molecule has 0 aliphatic rings. The van der Waals surface area contributed by atoms with Crippen LogP contribution in [0.1, 0.15) is 12.0 Å². The summed E-state index contributed by atoms with van der Waals surface area (Å²) in [6.07, 6.45) is 2.20. The Kier molecular flexibility index (Phi) is 3.61. The molecule has 0 saturated carbocycles. The van der Waals surface area contributed by atoms with Gasteiger partial charge in [-0.2, -0.15) is 7.05 Å². The Morgan fingerprint density at radius 2 is 1.92 bits per heavy atom. The Hall–Kier alpha value is -1.02. The van der Waals surface area contributed by atoms with Gasteiger partial charge in [-0.05, 0) is 30.5 Å². The first-order valence-electron chi connectivity index (χ1n) is 4.22. The van der Waals surface area contributed by atoms with E-state index in [-0.39, 0.29) is 0 Å². The smallest absolute Gasteiger partial charge is 0.115 e. The van der Waals surface area contributed by atoms with Crippen LogP contribution in [0.2, 0.25) is 0 Å². The molecule has 0 radical (unpaired) electrons. The fourth-order valence-corrected chi connectivity index (χ4v) is 1.11. The molecule has 12 heavy (non-hydrogen) atoms. The largest absolute Gasteiger partial charge is 0.508 e. The van der Waals surface area contributed by atoms with E-state index >= 15 is 0 Å². The lowest BCUT2D eigenvalue weighted by atomic mass is 10.1. The molecule has 0 bridgehead atoms. The van der Waals surface area contributed by atoms with Gasteiger partial charge < -0.3 is 10.4 Å². The minimum atomic E-state index is 0.336. The fourth-order valence-electron chi connectivity index (χ4n) is 1.11. The molecular weight excluding hydrogens is 150 g/mol. The molecular formula is C10H15NO. The molecule has 0 heterocycles. The molecule has 0 spiro atoms. The third kappa shape index (κ3) is 2.93. The van der Waals surface area contributed by atoms with Gasteiger partial charge in [0.2, 0.25) is 0 Å². The van der Waals surface area contributed by atoms with E-state index in [0.717, 1.165) is 19.4 Å². The van der Waals surface area contributed by atoms with Crippen molar-refractivity contribution in [3.8, 4) is 5.75 Å². The highest BCUT2D eigenvalue weighted by Crippen LogP contribution is 2.10. The Morgan fingerprint density at radius 1 is 1.25 bits per heavy atom. The Morgan fingerprint density at radius 3 is 2.50 bits per heavy atom. The van der Waals surface area contributed by atoms with Crippen molar-refractivity contribution in [1.29, 1.82) is 0 Å². The summed E-state index contributed by atoms with van der Waals surface area (Å²) in [5.74, 6) is 0.336. The number of hydrogen-bond acceptors (Lipinski definition) is 1. The van der Waals surface area contributed by atoms with Crippen LogP contribution >= 0.6 is 0 Å². The summed E-state index contributed by atoms with van der Waals surface area (Å²) < 4.78 is 0. The molecule has 66 valence electrons. The van der Waals surface area contributed by atoms with E-state index in [1.165, 1.54) is 5.56 Å². The molecule has 0 aliphatic carbocycles. The number of rotatable bonds is 4. The summed E-state index contributed by atoms with van der Waals surface area (Å²) in [6.45, 7) is 1.06. The molecule has 2 heteroatoms. The van der Waals surface area contributed by atoms with Crippen LogP contribution < -0.4 is 5.32 Å². The number of aryl methyl sites for hydroxylation is 1. The number of benzene rings is 1. The summed E-state index contributed by atoms with van der Waals surface area (Å²) in [7, 11) is 3.67. The SMILES string of the molecule is [CH2-][NH2+]CCCc1ccc(O)cc1. The summed E-state index contributed by atoms with van der Waals surface area (Å²) in [6, 6.07) is 7.36. The molecule has 3 N–H and O–H groups in total. The quantitative estimate of drug-likeness (QED) is 0.499. The lowest BCUT2D eigenvalue weighted by Gasteiger charge is -2.01. The minimum absolute atomic E-state index is 0.336.